The van der Waals surface area contributed by atoms with Gasteiger partial charge in [0.1, 0.15) is 23.5 Å². The molecule has 2 heterocycles. The van der Waals surface area contributed by atoms with Crippen LogP contribution in [0.3, 0.4) is 0 Å². The number of hydrogen-bond acceptors (Lipinski definition) is 4. The van der Waals surface area contributed by atoms with Crippen LogP contribution in [0.15, 0.2) is 12.1 Å². The van der Waals surface area contributed by atoms with E-state index in [4.69, 9.17) is 18.8 Å². The molecule has 4 nitrogen and oxygen atoms in total. The van der Waals surface area contributed by atoms with Gasteiger partial charge in [-0.2, -0.15) is 0 Å². The van der Waals surface area contributed by atoms with E-state index in [1.165, 1.54) is 12.1 Å². The summed E-state index contributed by atoms with van der Waals surface area (Å²) in [5.74, 6) is -1.27. The van der Waals surface area contributed by atoms with Crippen LogP contribution in [0.4, 0.5) is 8.78 Å². The van der Waals surface area contributed by atoms with Crippen molar-refractivity contribution in [3.8, 4) is 5.75 Å². The Labute approximate surface area is 141 Å². The van der Waals surface area contributed by atoms with Gasteiger partial charge in [0.2, 0.25) is 0 Å². The summed E-state index contributed by atoms with van der Waals surface area (Å²) in [6.45, 7) is 8.55. The van der Waals surface area contributed by atoms with Crippen LogP contribution in [0.25, 0.3) is 0 Å². The van der Waals surface area contributed by atoms with Crippen molar-refractivity contribution in [3.05, 3.63) is 23.8 Å². The Hall–Kier alpha value is -1.18. The van der Waals surface area contributed by atoms with Crippen molar-refractivity contribution in [1.29, 1.82) is 0 Å². The molecule has 0 aliphatic carbocycles. The standard InChI is InChI=1S/C17H23BF2O4/c1-16(2)17(3,4)24-18(23-16)15-13(19)9-12(10-14(15)20)22-11-5-7-21-8-6-11/h9-11H,5-8H2,1-4H3. The largest absolute Gasteiger partial charge is 0.500 e. The van der Waals surface area contributed by atoms with Crippen molar-refractivity contribution in [2.24, 2.45) is 0 Å². The second-order valence-electron chi connectivity index (χ2n) is 7.32. The summed E-state index contributed by atoms with van der Waals surface area (Å²) in [5, 5.41) is 0. The van der Waals surface area contributed by atoms with Crippen molar-refractivity contribution in [2.75, 3.05) is 13.2 Å². The maximum atomic E-state index is 14.5. The van der Waals surface area contributed by atoms with E-state index in [1.807, 2.05) is 27.7 Å². The number of benzene rings is 1. The van der Waals surface area contributed by atoms with Gasteiger partial charge in [0.25, 0.3) is 0 Å². The Morgan fingerprint density at radius 3 is 2.00 bits per heavy atom. The summed E-state index contributed by atoms with van der Waals surface area (Å²) < 4.78 is 51.4. The van der Waals surface area contributed by atoms with Gasteiger partial charge >= 0.3 is 7.12 Å². The average Bonchev–Trinajstić information content (AvgIpc) is 2.67. The monoisotopic (exact) mass is 340 g/mol. The average molecular weight is 340 g/mol. The molecule has 1 aromatic rings. The highest BCUT2D eigenvalue weighted by Crippen LogP contribution is 2.37. The van der Waals surface area contributed by atoms with E-state index in [1.54, 1.807) is 0 Å². The van der Waals surface area contributed by atoms with E-state index < -0.39 is 30.0 Å². The first-order chi connectivity index (χ1) is 11.2. The molecule has 2 aliphatic heterocycles. The van der Waals surface area contributed by atoms with Gasteiger partial charge < -0.3 is 18.8 Å². The lowest BCUT2D eigenvalue weighted by Gasteiger charge is -2.32. The lowest BCUT2D eigenvalue weighted by Crippen LogP contribution is -2.41. The summed E-state index contributed by atoms with van der Waals surface area (Å²) in [6, 6.07) is 2.39. The highest BCUT2D eigenvalue weighted by atomic mass is 19.1. The van der Waals surface area contributed by atoms with Gasteiger partial charge in [-0.15, -0.1) is 0 Å². The first kappa shape index (κ1) is 17.6. The number of hydrogen-bond donors (Lipinski definition) is 0. The van der Waals surface area contributed by atoms with Gasteiger partial charge in [0.15, 0.2) is 0 Å². The van der Waals surface area contributed by atoms with Crippen LogP contribution in [-0.2, 0) is 14.0 Å². The highest BCUT2D eigenvalue weighted by Gasteiger charge is 2.53. The van der Waals surface area contributed by atoms with Gasteiger partial charge in [-0.05, 0) is 27.7 Å². The predicted octanol–water partition coefficient (Wildman–Crippen LogP) is 2.82. The van der Waals surface area contributed by atoms with E-state index in [2.05, 4.69) is 0 Å². The number of halogens is 2. The molecule has 2 saturated heterocycles. The molecule has 0 amide bonds. The molecule has 2 aliphatic rings. The van der Waals surface area contributed by atoms with Gasteiger partial charge in [-0.3, -0.25) is 0 Å². The van der Waals surface area contributed by atoms with Crippen LogP contribution in [-0.4, -0.2) is 37.6 Å². The van der Waals surface area contributed by atoms with Crippen molar-refractivity contribution in [1.82, 2.24) is 0 Å². The molecule has 0 radical (unpaired) electrons. The quantitative estimate of drug-likeness (QED) is 0.793. The molecular formula is C17H23BF2O4. The Bertz CT molecular complexity index is 576. The lowest BCUT2D eigenvalue weighted by molar-refractivity contribution is 0.00578. The molecule has 0 saturated carbocycles. The zero-order valence-electron chi connectivity index (χ0n) is 14.5. The van der Waals surface area contributed by atoms with Crippen molar-refractivity contribution >= 4 is 12.6 Å². The SMILES string of the molecule is CC1(C)OB(c2c(F)cc(OC3CCOCC3)cc2F)OC1(C)C. The van der Waals surface area contributed by atoms with E-state index >= 15 is 0 Å². The highest BCUT2D eigenvalue weighted by molar-refractivity contribution is 6.62. The van der Waals surface area contributed by atoms with Crippen LogP contribution in [0.5, 0.6) is 5.75 Å². The molecule has 0 unspecified atom stereocenters. The topological polar surface area (TPSA) is 36.9 Å². The van der Waals surface area contributed by atoms with Crippen molar-refractivity contribution < 1.29 is 27.6 Å². The molecule has 0 bridgehead atoms. The summed E-state index contributed by atoms with van der Waals surface area (Å²) in [6.07, 6.45) is 1.34. The number of rotatable bonds is 3. The summed E-state index contributed by atoms with van der Waals surface area (Å²) in [4.78, 5) is 0. The zero-order chi connectivity index (χ0) is 17.5. The Balaban J connectivity index is 1.80. The molecular weight excluding hydrogens is 317 g/mol. The van der Waals surface area contributed by atoms with E-state index in [-0.39, 0.29) is 17.3 Å². The molecule has 0 N–H and O–H groups in total. The first-order valence-electron chi connectivity index (χ1n) is 8.28. The van der Waals surface area contributed by atoms with Gasteiger partial charge in [0, 0.05) is 25.0 Å². The second-order valence-corrected chi connectivity index (χ2v) is 7.32. The van der Waals surface area contributed by atoms with Crippen LogP contribution in [0, 0.1) is 11.6 Å². The minimum Gasteiger partial charge on any atom is -0.490 e. The minimum atomic E-state index is -1.08. The Kier molecular flexibility index (Phi) is 4.62. The van der Waals surface area contributed by atoms with Gasteiger partial charge in [-0.1, -0.05) is 0 Å². The van der Waals surface area contributed by atoms with E-state index in [0.29, 0.717) is 26.1 Å². The predicted molar refractivity (Wildman–Crippen MR) is 86.5 cm³/mol. The third kappa shape index (κ3) is 3.30. The van der Waals surface area contributed by atoms with Gasteiger partial charge in [0.05, 0.1) is 29.9 Å². The third-order valence-corrected chi connectivity index (χ3v) is 5.01. The number of ether oxygens (including phenoxy) is 2. The molecule has 2 fully saturated rings. The second kappa shape index (κ2) is 6.28. The molecule has 3 rings (SSSR count). The normalized spacial score (nSPS) is 23.5. The molecule has 1 aromatic carbocycles. The minimum absolute atomic E-state index is 0.0831. The molecule has 24 heavy (non-hydrogen) atoms. The molecule has 0 aromatic heterocycles. The summed E-state index contributed by atoms with van der Waals surface area (Å²) in [7, 11) is -1.08. The fourth-order valence-electron chi connectivity index (χ4n) is 2.80. The van der Waals surface area contributed by atoms with Crippen molar-refractivity contribution in [2.45, 2.75) is 57.8 Å². The van der Waals surface area contributed by atoms with Crippen molar-refractivity contribution in [3.63, 3.8) is 0 Å². The van der Waals surface area contributed by atoms with Crippen LogP contribution in [0.1, 0.15) is 40.5 Å². The molecule has 132 valence electrons. The lowest BCUT2D eigenvalue weighted by atomic mass is 9.78. The smallest absolute Gasteiger partial charge is 0.490 e. The third-order valence-electron chi connectivity index (χ3n) is 5.01. The molecule has 0 atom stereocenters. The zero-order valence-corrected chi connectivity index (χ0v) is 14.5. The first-order valence-corrected chi connectivity index (χ1v) is 8.28. The summed E-state index contributed by atoms with van der Waals surface area (Å²) >= 11 is 0. The fourth-order valence-corrected chi connectivity index (χ4v) is 2.80. The Morgan fingerprint density at radius 1 is 1.00 bits per heavy atom. The maximum absolute atomic E-state index is 14.5. The van der Waals surface area contributed by atoms with Crippen LogP contribution >= 0.6 is 0 Å². The van der Waals surface area contributed by atoms with E-state index in [0.717, 1.165) is 0 Å². The fraction of sp³-hybridized carbons (Fsp3) is 0.647. The summed E-state index contributed by atoms with van der Waals surface area (Å²) in [5.41, 5.74) is -1.53. The molecule has 7 heteroatoms. The Morgan fingerprint density at radius 2 is 1.50 bits per heavy atom. The van der Waals surface area contributed by atoms with E-state index in [9.17, 15) is 8.78 Å². The van der Waals surface area contributed by atoms with Crippen LogP contribution < -0.4 is 10.2 Å². The van der Waals surface area contributed by atoms with Crippen LogP contribution in [0.2, 0.25) is 0 Å². The molecule has 0 spiro atoms. The maximum Gasteiger partial charge on any atom is 0.500 e. The van der Waals surface area contributed by atoms with Gasteiger partial charge in [-0.25, -0.2) is 8.78 Å².